The number of rotatable bonds is 5. The number of carbonyl (C=O) groups excluding carboxylic acids is 1. The molecule has 16 heavy (non-hydrogen) atoms. The first-order valence-corrected chi connectivity index (χ1v) is 5.84. The number of hydrogen-bond donors (Lipinski definition) is 1. The van der Waals surface area contributed by atoms with Crippen LogP contribution in [0.4, 0.5) is 0 Å². The van der Waals surface area contributed by atoms with Crippen LogP contribution in [0.1, 0.15) is 37.7 Å². The number of ketones is 1. The highest BCUT2D eigenvalue weighted by Crippen LogP contribution is 2.28. The molecule has 0 aliphatic heterocycles. The van der Waals surface area contributed by atoms with E-state index in [4.69, 9.17) is 17.3 Å². The van der Waals surface area contributed by atoms with Crippen LogP contribution in [-0.4, -0.2) is 22.1 Å². The Morgan fingerprint density at radius 3 is 2.69 bits per heavy atom. The summed E-state index contributed by atoms with van der Waals surface area (Å²) in [4.78, 5) is 12.4. The maximum absolute atomic E-state index is 12.4. The summed E-state index contributed by atoms with van der Waals surface area (Å²) < 4.78 is 1.62. The summed E-state index contributed by atoms with van der Waals surface area (Å²) in [6.07, 6.45) is 2.19. The number of halogens is 1. The van der Waals surface area contributed by atoms with Gasteiger partial charge in [-0.15, -0.1) is 0 Å². The van der Waals surface area contributed by atoms with Gasteiger partial charge in [0.25, 0.3) is 0 Å². The predicted octanol–water partition coefficient (Wildman–Crippen LogP) is 2.11. The van der Waals surface area contributed by atoms with E-state index in [1.165, 1.54) is 6.20 Å². The summed E-state index contributed by atoms with van der Waals surface area (Å²) >= 11 is 5.99. The highest BCUT2D eigenvalue weighted by atomic mass is 35.5. The molecule has 5 heteroatoms. The Morgan fingerprint density at radius 2 is 2.25 bits per heavy atom. The Hall–Kier alpha value is -0.870. The third-order valence-electron chi connectivity index (χ3n) is 3.09. The molecule has 1 rings (SSSR count). The summed E-state index contributed by atoms with van der Waals surface area (Å²) in [6.45, 7) is 6.67. The molecule has 0 radical (unpaired) electrons. The number of nitrogens with two attached hydrogens (primary N) is 1. The molecule has 0 aliphatic carbocycles. The lowest BCUT2D eigenvalue weighted by Gasteiger charge is -2.24. The third-order valence-corrected chi connectivity index (χ3v) is 3.37. The average Bonchev–Trinajstić information content (AvgIpc) is 2.68. The van der Waals surface area contributed by atoms with Gasteiger partial charge in [0.15, 0.2) is 5.78 Å². The Morgan fingerprint density at radius 1 is 1.62 bits per heavy atom. The van der Waals surface area contributed by atoms with Crippen molar-refractivity contribution >= 4 is 17.4 Å². The molecule has 1 aromatic heterocycles. The van der Waals surface area contributed by atoms with Crippen LogP contribution in [0, 0.1) is 5.41 Å². The smallest absolute Gasteiger partial charge is 0.189 e. The summed E-state index contributed by atoms with van der Waals surface area (Å²) in [7, 11) is 0. The van der Waals surface area contributed by atoms with Gasteiger partial charge in [-0.05, 0) is 13.3 Å². The molecule has 0 bridgehead atoms. The molecule has 1 heterocycles. The van der Waals surface area contributed by atoms with Crippen LogP contribution in [0.15, 0.2) is 6.20 Å². The lowest BCUT2D eigenvalue weighted by Crippen LogP contribution is -2.36. The minimum absolute atomic E-state index is 0.0261. The number of nitrogens with zero attached hydrogens (tertiary/aromatic N) is 2. The monoisotopic (exact) mass is 243 g/mol. The second-order valence-corrected chi connectivity index (χ2v) is 4.51. The maximum Gasteiger partial charge on any atom is 0.189 e. The lowest BCUT2D eigenvalue weighted by atomic mass is 9.81. The molecule has 4 nitrogen and oxygen atoms in total. The zero-order chi connectivity index (χ0) is 12.3. The maximum atomic E-state index is 12.4. The summed E-state index contributed by atoms with van der Waals surface area (Å²) in [5.41, 5.74) is 5.58. The van der Waals surface area contributed by atoms with Gasteiger partial charge in [-0.2, -0.15) is 5.10 Å². The van der Waals surface area contributed by atoms with Crippen molar-refractivity contribution in [2.24, 2.45) is 11.1 Å². The zero-order valence-electron chi connectivity index (χ0n) is 9.96. The van der Waals surface area contributed by atoms with Crippen LogP contribution >= 0.6 is 11.6 Å². The van der Waals surface area contributed by atoms with Gasteiger partial charge in [-0.1, -0.05) is 25.4 Å². The van der Waals surface area contributed by atoms with Gasteiger partial charge >= 0.3 is 0 Å². The van der Waals surface area contributed by atoms with Crippen molar-refractivity contribution in [2.75, 3.05) is 6.54 Å². The van der Waals surface area contributed by atoms with Crippen molar-refractivity contribution in [3.63, 3.8) is 0 Å². The van der Waals surface area contributed by atoms with Gasteiger partial charge in [-0.3, -0.25) is 9.48 Å². The number of aryl methyl sites for hydroxylation is 1. The minimum atomic E-state index is -0.559. The van der Waals surface area contributed by atoms with Gasteiger partial charge in [0.05, 0.1) is 11.2 Å². The van der Waals surface area contributed by atoms with Gasteiger partial charge in [0.1, 0.15) is 5.69 Å². The number of aromatic nitrogens is 2. The van der Waals surface area contributed by atoms with Crippen molar-refractivity contribution in [1.29, 1.82) is 0 Å². The quantitative estimate of drug-likeness (QED) is 0.806. The first-order chi connectivity index (χ1) is 7.50. The largest absolute Gasteiger partial charge is 0.329 e. The van der Waals surface area contributed by atoms with Crippen molar-refractivity contribution < 1.29 is 4.79 Å². The number of carbonyl (C=O) groups is 1. The van der Waals surface area contributed by atoms with E-state index in [1.54, 1.807) is 4.68 Å². The molecular weight excluding hydrogens is 226 g/mol. The highest BCUT2D eigenvalue weighted by Gasteiger charge is 2.34. The molecule has 0 saturated carbocycles. The topological polar surface area (TPSA) is 60.9 Å². The van der Waals surface area contributed by atoms with Gasteiger partial charge in [-0.25, -0.2) is 0 Å². The summed E-state index contributed by atoms with van der Waals surface area (Å²) in [6, 6.07) is 0. The van der Waals surface area contributed by atoms with Gasteiger partial charge in [0, 0.05) is 18.5 Å². The fourth-order valence-corrected chi connectivity index (χ4v) is 1.74. The van der Waals surface area contributed by atoms with E-state index in [9.17, 15) is 4.79 Å². The van der Waals surface area contributed by atoms with E-state index in [0.29, 0.717) is 30.2 Å². The molecule has 90 valence electrons. The van der Waals surface area contributed by atoms with Crippen molar-refractivity contribution in [2.45, 2.75) is 33.7 Å². The fraction of sp³-hybridized carbons (Fsp3) is 0.636. The molecule has 0 aliphatic rings. The van der Waals surface area contributed by atoms with Crippen LogP contribution in [0.2, 0.25) is 5.02 Å². The zero-order valence-corrected chi connectivity index (χ0v) is 10.7. The molecule has 1 unspecified atom stereocenters. The van der Waals surface area contributed by atoms with Crippen molar-refractivity contribution in [3.05, 3.63) is 16.9 Å². The van der Waals surface area contributed by atoms with Gasteiger partial charge < -0.3 is 5.73 Å². The van der Waals surface area contributed by atoms with E-state index in [0.717, 1.165) is 0 Å². The molecule has 0 spiro atoms. The Labute approximate surface area is 101 Å². The predicted molar refractivity (Wildman–Crippen MR) is 64.7 cm³/mol. The van der Waals surface area contributed by atoms with Crippen LogP contribution in [0.5, 0.6) is 0 Å². The van der Waals surface area contributed by atoms with Crippen molar-refractivity contribution in [1.82, 2.24) is 9.78 Å². The lowest BCUT2D eigenvalue weighted by molar-refractivity contribution is 0.0808. The summed E-state index contributed by atoms with van der Waals surface area (Å²) in [5.74, 6) is -0.0261. The normalized spacial score (nSPS) is 14.8. The number of Topliss-reactive ketones (excluding diaryl/α,β-unsaturated/α-hetero) is 1. The molecule has 0 fully saturated rings. The van der Waals surface area contributed by atoms with E-state index < -0.39 is 5.41 Å². The first kappa shape index (κ1) is 13.2. The van der Waals surface area contributed by atoms with E-state index in [2.05, 4.69) is 5.10 Å². The molecule has 0 saturated heterocycles. The molecule has 2 N–H and O–H groups in total. The molecule has 1 aromatic rings. The standard InChI is InChI=1S/C11H18ClN3O/c1-4-11(3,7-13)10(16)9-8(12)6-14-15(9)5-2/h6H,4-5,7,13H2,1-3H3. The van der Waals surface area contributed by atoms with E-state index in [-0.39, 0.29) is 5.78 Å². The van der Waals surface area contributed by atoms with E-state index >= 15 is 0 Å². The van der Waals surface area contributed by atoms with Crippen LogP contribution < -0.4 is 5.73 Å². The molecule has 1 atom stereocenters. The molecule has 0 amide bonds. The van der Waals surface area contributed by atoms with Crippen LogP contribution in [0.25, 0.3) is 0 Å². The van der Waals surface area contributed by atoms with Crippen molar-refractivity contribution in [3.8, 4) is 0 Å². The molecular formula is C11H18ClN3O. The fourth-order valence-electron chi connectivity index (χ4n) is 1.51. The SMILES string of the molecule is CCn1ncc(Cl)c1C(=O)C(C)(CC)CN. The average molecular weight is 244 g/mol. The highest BCUT2D eigenvalue weighted by molar-refractivity contribution is 6.33. The molecule has 0 aromatic carbocycles. The second kappa shape index (κ2) is 4.97. The summed E-state index contributed by atoms with van der Waals surface area (Å²) in [5, 5.41) is 4.46. The van der Waals surface area contributed by atoms with Crippen LogP contribution in [-0.2, 0) is 6.54 Å². The van der Waals surface area contributed by atoms with Crippen LogP contribution in [0.3, 0.4) is 0 Å². The second-order valence-electron chi connectivity index (χ2n) is 4.10. The third kappa shape index (κ3) is 2.13. The Balaban J connectivity index is 3.18. The minimum Gasteiger partial charge on any atom is -0.329 e. The van der Waals surface area contributed by atoms with Gasteiger partial charge in [0.2, 0.25) is 0 Å². The Kier molecular flexibility index (Phi) is 4.10. The number of hydrogen-bond acceptors (Lipinski definition) is 3. The first-order valence-electron chi connectivity index (χ1n) is 5.46. The Bertz CT molecular complexity index is 383. The van der Waals surface area contributed by atoms with E-state index in [1.807, 2.05) is 20.8 Å².